The molecule has 0 aliphatic heterocycles. The van der Waals surface area contributed by atoms with Crippen molar-refractivity contribution in [3.63, 3.8) is 0 Å². The average Bonchev–Trinajstić information content (AvgIpc) is 3.66. The lowest BCUT2D eigenvalue weighted by molar-refractivity contribution is 0.620. The molecule has 2 heterocycles. The van der Waals surface area contributed by atoms with E-state index in [9.17, 15) is 0 Å². The van der Waals surface area contributed by atoms with Gasteiger partial charge in [-0.05, 0) is 75.7 Å². The fraction of sp³-hybridized carbons (Fsp3) is 0. The number of para-hydroxylation sites is 3. The van der Waals surface area contributed by atoms with Crippen molar-refractivity contribution >= 4 is 43.8 Å². The molecule has 176 valence electrons. The van der Waals surface area contributed by atoms with Gasteiger partial charge in [-0.2, -0.15) is 0 Å². The Balaban J connectivity index is 1.26. The minimum absolute atomic E-state index is 0.635. The molecule has 9 rings (SSSR count). The minimum Gasteiger partial charge on any atom is -0.455 e. The van der Waals surface area contributed by atoms with Gasteiger partial charge in [-0.15, -0.1) is 0 Å². The summed E-state index contributed by atoms with van der Waals surface area (Å²) < 4.78 is 12.6. The lowest BCUT2D eigenvalue weighted by atomic mass is 9.96. The van der Waals surface area contributed by atoms with Gasteiger partial charge in [-0.3, -0.25) is 0 Å². The maximum atomic E-state index is 6.50. The van der Waals surface area contributed by atoms with Gasteiger partial charge in [0.2, 0.25) is 5.89 Å². The standard InChI is InChI=1S/C35H19NO2/c1-3-13-30-25(10-1)28-19-22-8-6-11-26-24-16-15-21(18-27(24)33(32(22)26)34(28)37-30)20-7-5-9-23(17-20)35-36-29-12-2-4-14-31(29)38-35/h1-19H. The number of hydrogen-bond acceptors (Lipinski definition) is 3. The Morgan fingerprint density at radius 1 is 0.500 bits per heavy atom. The van der Waals surface area contributed by atoms with Crippen LogP contribution < -0.4 is 0 Å². The van der Waals surface area contributed by atoms with E-state index in [2.05, 4.69) is 84.9 Å². The van der Waals surface area contributed by atoms with E-state index in [0.29, 0.717) is 5.89 Å². The van der Waals surface area contributed by atoms with E-state index < -0.39 is 0 Å². The second-order valence-corrected chi connectivity index (χ2v) is 9.96. The fourth-order valence-electron chi connectivity index (χ4n) is 6.11. The normalized spacial score (nSPS) is 12.2. The lowest BCUT2D eigenvalue weighted by Crippen LogP contribution is -1.84. The molecule has 38 heavy (non-hydrogen) atoms. The van der Waals surface area contributed by atoms with Crippen LogP contribution in [0.2, 0.25) is 0 Å². The summed E-state index contributed by atoms with van der Waals surface area (Å²) in [5, 5.41) is 4.83. The summed E-state index contributed by atoms with van der Waals surface area (Å²) in [6.07, 6.45) is 0. The zero-order chi connectivity index (χ0) is 24.8. The van der Waals surface area contributed by atoms with Gasteiger partial charge in [-0.1, -0.05) is 72.8 Å². The molecule has 0 unspecified atom stereocenters. The van der Waals surface area contributed by atoms with Crippen molar-refractivity contribution in [3.8, 4) is 44.8 Å². The largest absolute Gasteiger partial charge is 0.455 e. The monoisotopic (exact) mass is 485 g/mol. The topological polar surface area (TPSA) is 39.2 Å². The number of hydrogen-bond donors (Lipinski definition) is 0. The third-order valence-electron chi connectivity index (χ3n) is 7.82. The van der Waals surface area contributed by atoms with Crippen LogP contribution in [-0.4, -0.2) is 4.98 Å². The molecule has 2 aromatic heterocycles. The van der Waals surface area contributed by atoms with Gasteiger partial charge >= 0.3 is 0 Å². The molecule has 0 atom stereocenters. The highest BCUT2D eigenvalue weighted by molar-refractivity contribution is 6.26. The van der Waals surface area contributed by atoms with Gasteiger partial charge in [0.15, 0.2) is 5.58 Å². The molecule has 8 aromatic rings. The van der Waals surface area contributed by atoms with Crippen LogP contribution in [0.15, 0.2) is 124 Å². The molecule has 0 radical (unpaired) electrons. The molecule has 6 aromatic carbocycles. The Labute approximate surface area is 217 Å². The number of fused-ring (bicyclic) bond motifs is 8. The average molecular weight is 486 g/mol. The van der Waals surface area contributed by atoms with E-state index in [1.165, 1.54) is 33.0 Å². The number of oxazole rings is 1. The summed E-state index contributed by atoms with van der Waals surface area (Å²) in [4.78, 5) is 4.70. The van der Waals surface area contributed by atoms with Gasteiger partial charge in [0.25, 0.3) is 0 Å². The second-order valence-electron chi connectivity index (χ2n) is 9.96. The molecular weight excluding hydrogens is 466 g/mol. The highest BCUT2D eigenvalue weighted by atomic mass is 16.3. The summed E-state index contributed by atoms with van der Waals surface area (Å²) >= 11 is 0. The van der Waals surface area contributed by atoms with Gasteiger partial charge in [0, 0.05) is 27.3 Å². The van der Waals surface area contributed by atoms with E-state index in [0.717, 1.165) is 49.7 Å². The molecule has 0 saturated heterocycles. The molecule has 0 fully saturated rings. The molecule has 0 spiro atoms. The minimum atomic E-state index is 0.635. The van der Waals surface area contributed by atoms with Crippen molar-refractivity contribution in [1.29, 1.82) is 0 Å². The van der Waals surface area contributed by atoms with Crippen LogP contribution >= 0.6 is 0 Å². The van der Waals surface area contributed by atoms with Gasteiger partial charge in [0.05, 0.1) is 0 Å². The van der Waals surface area contributed by atoms with Crippen molar-refractivity contribution in [2.75, 3.05) is 0 Å². The number of benzene rings is 6. The van der Waals surface area contributed by atoms with E-state index in [1.807, 2.05) is 30.3 Å². The van der Waals surface area contributed by atoms with Gasteiger partial charge < -0.3 is 8.83 Å². The third kappa shape index (κ3) is 2.65. The highest BCUT2D eigenvalue weighted by Crippen LogP contribution is 2.52. The molecular formula is C35H19NO2. The number of furan rings is 1. The molecule has 0 N–H and O–H groups in total. The first-order valence-corrected chi connectivity index (χ1v) is 12.8. The Kier molecular flexibility index (Phi) is 3.79. The van der Waals surface area contributed by atoms with Crippen molar-refractivity contribution in [3.05, 3.63) is 115 Å². The zero-order valence-corrected chi connectivity index (χ0v) is 20.2. The Hall–Kier alpha value is -5.15. The Morgan fingerprint density at radius 3 is 2.26 bits per heavy atom. The van der Waals surface area contributed by atoms with Crippen LogP contribution in [-0.2, 0) is 0 Å². The van der Waals surface area contributed by atoms with E-state index in [4.69, 9.17) is 13.8 Å². The van der Waals surface area contributed by atoms with E-state index in [1.54, 1.807) is 0 Å². The molecule has 0 bridgehead atoms. The Morgan fingerprint density at radius 2 is 1.32 bits per heavy atom. The molecule has 1 aliphatic rings. The summed E-state index contributed by atoms with van der Waals surface area (Å²) in [5.74, 6) is 0.635. The highest BCUT2D eigenvalue weighted by Gasteiger charge is 2.26. The van der Waals surface area contributed by atoms with Gasteiger partial charge in [-0.25, -0.2) is 4.98 Å². The van der Waals surface area contributed by atoms with Crippen LogP contribution in [0.3, 0.4) is 0 Å². The maximum absolute atomic E-state index is 6.50. The van der Waals surface area contributed by atoms with Crippen molar-refractivity contribution in [2.24, 2.45) is 0 Å². The predicted octanol–water partition coefficient (Wildman–Crippen LogP) is 9.86. The van der Waals surface area contributed by atoms with Crippen molar-refractivity contribution < 1.29 is 8.83 Å². The predicted molar refractivity (Wildman–Crippen MR) is 154 cm³/mol. The maximum Gasteiger partial charge on any atom is 0.227 e. The summed E-state index contributed by atoms with van der Waals surface area (Å²) in [6.45, 7) is 0. The summed E-state index contributed by atoms with van der Waals surface area (Å²) in [5.41, 5.74) is 11.7. The van der Waals surface area contributed by atoms with Crippen molar-refractivity contribution in [2.45, 2.75) is 0 Å². The third-order valence-corrected chi connectivity index (χ3v) is 7.82. The SMILES string of the molecule is c1cc(-c2ccc3c(c2)-c2c4oc5ccccc5c4cc4cccc-3c24)cc(-c2nc3ccccc3o2)c1. The first-order valence-electron chi connectivity index (χ1n) is 12.8. The van der Waals surface area contributed by atoms with E-state index in [-0.39, 0.29) is 0 Å². The number of nitrogens with zero attached hydrogens (tertiary/aromatic N) is 1. The second kappa shape index (κ2) is 7.21. The smallest absolute Gasteiger partial charge is 0.227 e. The van der Waals surface area contributed by atoms with E-state index >= 15 is 0 Å². The quantitative estimate of drug-likeness (QED) is 0.245. The van der Waals surface area contributed by atoms with Crippen LogP contribution in [0.5, 0.6) is 0 Å². The first kappa shape index (κ1) is 20.0. The fourth-order valence-corrected chi connectivity index (χ4v) is 6.11. The lowest BCUT2D eigenvalue weighted by Gasteiger charge is -2.08. The van der Waals surface area contributed by atoms with Gasteiger partial charge in [0.1, 0.15) is 16.7 Å². The van der Waals surface area contributed by atoms with Crippen LogP contribution in [0.25, 0.3) is 88.6 Å². The first-order chi connectivity index (χ1) is 18.8. The van der Waals surface area contributed by atoms with Crippen LogP contribution in [0.4, 0.5) is 0 Å². The zero-order valence-electron chi connectivity index (χ0n) is 20.2. The molecule has 3 nitrogen and oxygen atoms in total. The number of rotatable bonds is 2. The van der Waals surface area contributed by atoms with Crippen LogP contribution in [0, 0.1) is 0 Å². The molecule has 1 aliphatic carbocycles. The number of aromatic nitrogens is 1. The summed E-state index contributed by atoms with van der Waals surface area (Å²) in [6, 6.07) is 40.2. The summed E-state index contributed by atoms with van der Waals surface area (Å²) in [7, 11) is 0. The molecule has 3 heteroatoms. The van der Waals surface area contributed by atoms with Crippen LogP contribution in [0.1, 0.15) is 0 Å². The molecule has 0 saturated carbocycles. The van der Waals surface area contributed by atoms with Crippen molar-refractivity contribution in [1.82, 2.24) is 4.98 Å². The Bertz CT molecular complexity index is 2220. The molecule has 0 amide bonds.